The first kappa shape index (κ1) is 13.8. The van der Waals surface area contributed by atoms with Crippen molar-refractivity contribution in [3.05, 3.63) is 0 Å². The quantitative estimate of drug-likeness (QED) is 0.742. The fraction of sp³-hybridized carbons (Fsp3) is 0.923. The Labute approximate surface area is 109 Å². The highest BCUT2D eigenvalue weighted by molar-refractivity contribution is 5.77. The van der Waals surface area contributed by atoms with E-state index >= 15 is 0 Å². The Morgan fingerprint density at radius 1 is 1.39 bits per heavy atom. The molecule has 0 aromatic heterocycles. The Kier molecular flexibility index (Phi) is 3.67. The monoisotopic (exact) mass is 256 g/mol. The molecule has 2 aliphatic rings. The van der Waals surface area contributed by atoms with Crippen molar-refractivity contribution in [2.75, 3.05) is 26.8 Å². The summed E-state index contributed by atoms with van der Waals surface area (Å²) in [5.74, 6) is -0.0317. The average Bonchev–Trinajstić information content (AvgIpc) is 2.28. The molecule has 1 saturated carbocycles. The van der Waals surface area contributed by atoms with Gasteiger partial charge in [-0.2, -0.15) is 0 Å². The smallest absolute Gasteiger partial charge is 0.246 e. The van der Waals surface area contributed by atoms with Gasteiger partial charge in [0.2, 0.25) is 5.91 Å². The van der Waals surface area contributed by atoms with Gasteiger partial charge in [-0.1, -0.05) is 13.8 Å². The van der Waals surface area contributed by atoms with Gasteiger partial charge in [-0.3, -0.25) is 4.79 Å². The lowest BCUT2D eigenvalue weighted by atomic mass is 9.64. The van der Waals surface area contributed by atoms with E-state index in [1.807, 2.05) is 6.92 Å². The summed E-state index contributed by atoms with van der Waals surface area (Å²) in [6, 6.07) is 0.186. The highest BCUT2D eigenvalue weighted by atomic mass is 16.5. The molecule has 18 heavy (non-hydrogen) atoms. The molecule has 1 aliphatic carbocycles. The van der Waals surface area contributed by atoms with Crippen LogP contribution in [0.2, 0.25) is 0 Å². The van der Waals surface area contributed by atoms with E-state index in [9.17, 15) is 4.79 Å². The number of hydrogen-bond acceptors (Lipinski definition) is 4. The van der Waals surface area contributed by atoms with Gasteiger partial charge in [0.1, 0.15) is 6.61 Å². The first-order valence-corrected chi connectivity index (χ1v) is 6.54. The van der Waals surface area contributed by atoms with Crippen molar-refractivity contribution in [3.63, 3.8) is 0 Å². The van der Waals surface area contributed by atoms with Gasteiger partial charge in [0.15, 0.2) is 0 Å². The molecular formula is C13H24N2O3. The molecule has 1 heterocycles. The maximum Gasteiger partial charge on any atom is 0.246 e. The van der Waals surface area contributed by atoms with Crippen LogP contribution in [-0.2, 0) is 14.3 Å². The number of hydrogen-bond donors (Lipinski definition) is 2. The third kappa shape index (κ3) is 2.53. The molecule has 2 atom stereocenters. The zero-order valence-corrected chi connectivity index (χ0v) is 11.7. The number of rotatable bonds is 5. The second-order valence-electron chi connectivity index (χ2n) is 6.24. The molecule has 0 aromatic rings. The summed E-state index contributed by atoms with van der Waals surface area (Å²) in [5.41, 5.74) is -0.159. The third-order valence-electron chi connectivity index (χ3n) is 4.35. The molecule has 2 unspecified atom stereocenters. The zero-order valence-electron chi connectivity index (χ0n) is 11.7. The lowest BCUT2D eigenvalue weighted by molar-refractivity contribution is -0.144. The summed E-state index contributed by atoms with van der Waals surface area (Å²) in [4.78, 5) is 11.8. The van der Waals surface area contributed by atoms with Crippen LogP contribution in [0.1, 0.15) is 27.2 Å². The largest absolute Gasteiger partial charge is 0.381 e. The molecule has 1 saturated heterocycles. The number of nitrogens with one attached hydrogen (secondary N) is 2. The first-order chi connectivity index (χ1) is 8.37. The molecule has 5 heteroatoms. The maximum atomic E-state index is 11.8. The van der Waals surface area contributed by atoms with Gasteiger partial charge in [-0.25, -0.2) is 0 Å². The van der Waals surface area contributed by atoms with Crippen LogP contribution in [0, 0.1) is 5.41 Å². The normalized spacial score (nSPS) is 32.2. The topological polar surface area (TPSA) is 59.6 Å². The van der Waals surface area contributed by atoms with Crippen LogP contribution in [-0.4, -0.2) is 50.5 Å². The summed E-state index contributed by atoms with van der Waals surface area (Å²) in [5, 5.41) is 6.17. The lowest BCUT2D eigenvalue weighted by Gasteiger charge is -2.51. The van der Waals surface area contributed by atoms with Gasteiger partial charge in [0, 0.05) is 31.7 Å². The van der Waals surface area contributed by atoms with Gasteiger partial charge < -0.3 is 20.1 Å². The van der Waals surface area contributed by atoms with Crippen LogP contribution in [0.4, 0.5) is 0 Å². The fourth-order valence-corrected chi connectivity index (χ4v) is 2.59. The molecule has 104 valence electrons. The number of carbonyl (C=O) groups excluding carboxylic acids is 1. The Morgan fingerprint density at radius 3 is 2.50 bits per heavy atom. The molecule has 0 bridgehead atoms. The van der Waals surface area contributed by atoms with Crippen molar-refractivity contribution >= 4 is 5.91 Å². The van der Waals surface area contributed by atoms with Crippen LogP contribution in [0.15, 0.2) is 0 Å². The average molecular weight is 256 g/mol. The molecule has 2 fully saturated rings. The Hall–Kier alpha value is -0.650. The molecule has 0 radical (unpaired) electrons. The summed E-state index contributed by atoms with van der Waals surface area (Å²) in [7, 11) is 1.72. The van der Waals surface area contributed by atoms with E-state index in [0.717, 1.165) is 19.5 Å². The van der Waals surface area contributed by atoms with Crippen molar-refractivity contribution in [2.24, 2.45) is 5.41 Å². The van der Waals surface area contributed by atoms with Crippen LogP contribution < -0.4 is 10.6 Å². The standard InChI is InChI=1S/C13H24N2O3/c1-12(2)9(5-10(12)17-4)15-11(16)6-18-13(3)7-14-8-13/h9-10,14H,5-8H2,1-4H3,(H,15,16). The Balaban J connectivity index is 1.72. The molecule has 2 N–H and O–H groups in total. The Bertz CT molecular complexity index is 326. The molecule has 0 spiro atoms. The van der Waals surface area contributed by atoms with Crippen LogP contribution in [0.25, 0.3) is 0 Å². The molecule has 2 rings (SSSR count). The molecular weight excluding hydrogens is 232 g/mol. The predicted octanol–water partition coefficient (Wildman–Crippen LogP) is 0.295. The third-order valence-corrected chi connectivity index (χ3v) is 4.35. The molecule has 0 aromatic carbocycles. The number of methoxy groups -OCH3 is 1. The van der Waals surface area contributed by atoms with E-state index in [0.29, 0.717) is 0 Å². The second-order valence-corrected chi connectivity index (χ2v) is 6.24. The van der Waals surface area contributed by atoms with Gasteiger partial charge in [-0.15, -0.1) is 0 Å². The van der Waals surface area contributed by atoms with E-state index in [1.165, 1.54) is 0 Å². The van der Waals surface area contributed by atoms with E-state index in [4.69, 9.17) is 9.47 Å². The molecule has 1 amide bonds. The van der Waals surface area contributed by atoms with Crippen LogP contribution in [0.3, 0.4) is 0 Å². The van der Waals surface area contributed by atoms with Gasteiger partial charge in [-0.05, 0) is 13.3 Å². The van der Waals surface area contributed by atoms with Gasteiger partial charge in [0.25, 0.3) is 0 Å². The van der Waals surface area contributed by atoms with E-state index in [1.54, 1.807) is 7.11 Å². The maximum absolute atomic E-state index is 11.8. The zero-order chi connectivity index (χ0) is 13.4. The SMILES string of the molecule is COC1CC(NC(=O)COC2(C)CNC2)C1(C)C. The van der Waals surface area contributed by atoms with Gasteiger partial charge in [0.05, 0.1) is 11.7 Å². The van der Waals surface area contributed by atoms with E-state index in [2.05, 4.69) is 24.5 Å². The minimum absolute atomic E-state index is 0.00629. The fourth-order valence-electron chi connectivity index (χ4n) is 2.59. The summed E-state index contributed by atoms with van der Waals surface area (Å²) in [6.45, 7) is 8.04. The summed E-state index contributed by atoms with van der Waals surface area (Å²) >= 11 is 0. The van der Waals surface area contributed by atoms with Gasteiger partial charge >= 0.3 is 0 Å². The van der Waals surface area contributed by atoms with Crippen molar-refractivity contribution in [2.45, 2.75) is 44.9 Å². The van der Waals surface area contributed by atoms with E-state index in [-0.39, 0.29) is 35.7 Å². The summed E-state index contributed by atoms with van der Waals surface area (Å²) in [6.07, 6.45) is 1.12. The Morgan fingerprint density at radius 2 is 2.06 bits per heavy atom. The highest BCUT2D eigenvalue weighted by Crippen LogP contribution is 2.42. The lowest BCUT2D eigenvalue weighted by Crippen LogP contribution is -2.63. The van der Waals surface area contributed by atoms with Crippen molar-refractivity contribution in [3.8, 4) is 0 Å². The van der Waals surface area contributed by atoms with E-state index < -0.39 is 0 Å². The highest BCUT2D eigenvalue weighted by Gasteiger charge is 2.49. The predicted molar refractivity (Wildman–Crippen MR) is 68.4 cm³/mol. The van der Waals surface area contributed by atoms with Crippen LogP contribution in [0.5, 0.6) is 0 Å². The first-order valence-electron chi connectivity index (χ1n) is 6.54. The van der Waals surface area contributed by atoms with Crippen molar-refractivity contribution < 1.29 is 14.3 Å². The minimum atomic E-state index is -0.165. The molecule has 5 nitrogen and oxygen atoms in total. The minimum Gasteiger partial charge on any atom is -0.381 e. The number of carbonyl (C=O) groups is 1. The second kappa shape index (κ2) is 4.79. The van der Waals surface area contributed by atoms with Crippen molar-refractivity contribution in [1.29, 1.82) is 0 Å². The summed E-state index contributed by atoms with van der Waals surface area (Å²) < 4.78 is 11.0. The molecule has 1 aliphatic heterocycles. The van der Waals surface area contributed by atoms with Crippen LogP contribution >= 0.6 is 0 Å². The van der Waals surface area contributed by atoms with Crippen molar-refractivity contribution in [1.82, 2.24) is 10.6 Å². The number of ether oxygens (including phenoxy) is 2. The number of amides is 1.